The van der Waals surface area contributed by atoms with E-state index in [4.69, 9.17) is 12.6 Å². The molecule has 0 N–H and O–H groups in total. The Morgan fingerprint density at radius 2 is 1.64 bits per heavy atom. The summed E-state index contributed by atoms with van der Waals surface area (Å²) in [6.07, 6.45) is 1.62. The summed E-state index contributed by atoms with van der Waals surface area (Å²) >= 11 is 0. The first-order chi connectivity index (χ1) is 15.9. The van der Waals surface area contributed by atoms with Crippen molar-refractivity contribution in [3.63, 3.8) is 0 Å². The maximum Gasteiger partial charge on any atom is 0.216 e. The molecular weight excluding hydrogens is 342 g/mol. The Hall–Kier alpha value is -3.13. The number of hydrogen-bond donors (Lipinski definition) is 0. The second-order valence-corrected chi connectivity index (χ2v) is 7.45. The van der Waals surface area contributed by atoms with Gasteiger partial charge in [0.05, 0.1) is 5.56 Å². The third kappa shape index (κ3) is 2.31. The fourth-order valence-electron chi connectivity index (χ4n) is 4.13. The molecule has 0 amide bonds. The van der Waals surface area contributed by atoms with Gasteiger partial charge in [0.15, 0.2) is 6.20 Å². The average Bonchev–Trinajstić information content (AvgIpc) is 3.13. The number of benzene rings is 3. The van der Waals surface area contributed by atoms with Crippen LogP contribution in [-0.2, 0) is 7.05 Å². The van der Waals surface area contributed by atoms with Gasteiger partial charge in [0.2, 0.25) is 5.69 Å². The predicted octanol–water partition coefficient (Wildman–Crippen LogP) is 6.46. The van der Waals surface area contributed by atoms with E-state index >= 15 is 0 Å². The molecule has 0 atom stereocenters. The van der Waals surface area contributed by atoms with E-state index in [0.717, 1.165) is 33.0 Å². The fourth-order valence-corrected chi connectivity index (χ4v) is 4.13. The number of furan rings is 1. The van der Waals surface area contributed by atoms with Gasteiger partial charge >= 0.3 is 0 Å². The number of rotatable bonds is 1. The highest BCUT2D eigenvalue weighted by molar-refractivity contribution is 6.18. The van der Waals surface area contributed by atoms with Gasteiger partial charge in [0, 0.05) is 36.0 Å². The molecule has 0 spiro atoms. The summed E-state index contributed by atoms with van der Waals surface area (Å²) in [6, 6.07) is 15.3. The van der Waals surface area contributed by atoms with E-state index in [1.165, 1.54) is 0 Å². The van der Waals surface area contributed by atoms with Gasteiger partial charge < -0.3 is 4.42 Å². The van der Waals surface area contributed by atoms with Crippen molar-refractivity contribution in [1.29, 1.82) is 0 Å². The quantitative estimate of drug-likeness (QED) is 0.308. The molecule has 138 valence electrons. The molecule has 0 radical (unpaired) electrons. The molecule has 5 rings (SSSR count). The second-order valence-electron chi connectivity index (χ2n) is 7.45. The van der Waals surface area contributed by atoms with Crippen molar-refractivity contribution >= 4 is 32.7 Å². The summed E-state index contributed by atoms with van der Waals surface area (Å²) in [5.41, 5.74) is 4.57. The van der Waals surface area contributed by atoms with E-state index in [1.807, 2.05) is 49.4 Å². The summed E-state index contributed by atoms with van der Waals surface area (Å²) in [4.78, 5) is 0. The predicted molar refractivity (Wildman–Crippen MR) is 117 cm³/mol. The monoisotopic (exact) mass is 372 g/mol. The molecule has 2 nitrogen and oxygen atoms in total. The second kappa shape index (κ2) is 5.93. The van der Waals surface area contributed by atoms with Gasteiger partial charge in [-0.3, -0.25) is 0 Å². The summed E-state index contributed by atoms with van der Waals surface area (Å²) in [5.74, 6) is 0. The molecule has 2 heterocycles. The molecule has 0 aliphatic heterocycles. The first-order valence-electron chi connectivity index (χ1n) is 12.3. The van der Waals surface area contributed by atoms with Crippen LogP contribution in [0.2, 0.25) is 0 Å². The van der Waals surface area contributed by atoms with Crippen molar-refractivity contribution in [2.45, 2.75) is 27.6 Å². The molecule has 0 saturated carbocycles. The van der Waals surface area contributed by atoms with E-state index < -0.39 is 13.7 Å². The zero-order valence-electron chi connectivity index (χ0n) is 22.1. The number of pyridine rings is 1. The number of aryl methyl sites for hydroxylation is 5. The van der Waals surface area contributed by atoms with Gasteiger partial charge in [0.25, 0.3) is 0 Å². The van der Waals surface area contributed by atoms with Gasteiger partial charge in [-0.1, -0.05) is 36.4 Å². The third-order valence-electron chi connectivity index (χ3n) is 5.57. The van der Waals surface area contributed by atoms with Gasteiger partial charge in [-0.05, 0) is 55.7 Å². The van der Waals surface area contributed by atoms with Crippen LogP contribution in [-0.4, -0.2) is 0 Å². The van der Waals surface area contributed by atoms with E-state index in [0.29, 0.717) is 22.1 Å². The maximum absolute atomic E-state index is 8.20. The molecule has 2 heteroatoms. The lowest BCUT2D eigenvalue weighted by atomic mass is 9.95. The van der Waals surface area contributed by atoms with Crippen LogP contribution in [0.4, 0.5) is 0 Å². The van der Waals surface area contributed by atoms with Gasteiger partial charge in [-0.25, -0.2) is 4.57 Å². The highest BCUT2D eigenvalue weighted by Crippen LogP contribution is 2.41. The Labute approximate surface area is 173 Å². The molecule has 5 aromatic rings. The van der Waals surface area contributed by atoms with Crippen LogP contribution in [0.3, 0.4) is 0 Å². The maximum atomic E-state index is 8.20. The minimum absolute atomic E-state index is 0.247. The smallest absolute Gasteiger partial charge is 0.216 e. The standard InChI is InChI=1S/C26H24NO/c1-15-13-22(27(5)14-18(15)4)24-17(3)12-16(2)23-21-11-10-19-8-6-7-9-20(19)25(21)28-26(23)24/h6-14H,1-5H3/q+1/i2D3,4D3. The highest BCUT2D eigenvalue weighted by Gasteiger charge is 2.23. The van der Waals surface area contributed by atoms with Crippen LogP contribution in [0, 0.1) is 27.6 Å². The van der Waals surface area contributed by atoms with Gasteiger partial charge in [-0.15, -0.1) is 0 Å². The van der Waals surface area contributed by atoms with Crippen LogP contribution in [0.5, 0.6) is 0 Å². The minimum Gasteiger partial charge on any atom is -0.454 e. The van der Waals surface area contributed by atoms with Crippen molar-refractivity contribution in [2.24, 2.45) is 7.05 Å². The topological polar surface area (TPSA) is 17.0 Å². The first kappa shape index (κ1) is 11.7. The summed E-state index contributed by atoms with van der Waals surface area (Å²) in [5, 5.41) is 3.24. The van der Waals surface area contributed by atoms with Crippen LogP contribution >= 0.6 is 0 Å². The molecule has 0 saturated heterocycles. The Balaban J connectivity index is 1.95. The number of hydrogen-bond acceptors (Lipinski definition) is 1. The zero-order chi connectivity index (χ0) is 24.6. The van der Waals surface area contributed by atoms with Gasteiger partial charge in [-0.2, -0.15) is 0 Å². The molecule has 2 aromatic heterocycles. The van der Waals surface area contributed by atoms with Crippen molar-refractivity contribution < 1.29 is 17.2 Å². The Morgan fingerprint density at radius 3 is 2.46 bits per heavy atom. The summed E-state index contributed by atoms with van der Waals surface area (Å²) < 4.78 is 56.4. The number of fused-ring (bicyclic) bond motifs is 5. The zero-order valence-corrected chi connectivity index (χ0v) is 16.1. The van der Waals surface area contributed by atoms with Crippen LogP contribution in [0.25, 0.3) is 44.0 Å². The largest absolute Gasteiger partial charge is 0.454 e. The van der Waals surface area contributed by atoms with Crippen molar-refractivity contribution in [3.8, 4) is 11.3 Å². The molecule has 0 aliphatic carbocycles. The van der Waals surface area contributed by atoms with Crippen molar-refractivity contribution in [3.05, 3.63) is 77.0 Å². The number of aromatic nitrogens is 1. The Bertz CT molecular complexity index is 1610. The molecular formula is C26H24NO+. The fraction of sp³-hybridized carbons (Fsp3) is 0.192. The van der Waals surface area contributed by atoms with Gasteiger partial charge in [0.1, 0.15) is 18.2 Å². The van der Waals surface area contributed by atoms with Crippen molar-refractivity contribution in [2.75, 3.05) is 0 Å². The molecule has 0 fully saturated rings. The molecule has 28 heavy (non-hydrogen) atoms. The van der Waals surface area contributed by atoms with E-state index in [9.17, 15) is 0 Å². The van der Waals surface area contributed by atoms with Crippen LogP contribution < -0.4 is 4.57 Å². The summed E-state index contributed by atoms with van der Waals surface area (Å²) in [7, 11) is 1.80. The molecule has 0 bridgehead atoms. The number of nitrogens with zero attached hydrogens (tertiary/aromatic N) is 1. The minimum atomic E-state index is -2.33. The SMILES string of the molecule is [2H]C([2H])([2H])c1c[n+](C)c(-c2c(C)cc(C([2H])([2H])[2H])c3c2oc2c4ccccc4ccc23)cc1C. The average molecular weight is 373 g/mol. The molecule has 3 aromatic carbocycles. The van der Waals surface area contributed by atoms with E-state index in [2.05, 4.69) is 0 Å². The Morgan fingerprint density at radius 1 is 0.821 bits per heavy atom. The molecule has 0 aliphatic rings. The highest BCUT2D eigenvalue weighted by atomic mass is 16.3. The summed E-state index contributed by atoms with van der Waals surface area (Å²) in [6.45, 7) is -0.912. The molecule has 0 unspecified atom stereocenters. The first-order valence-corrected chi connectivity index (χ1v) is 9.27. The van der Waals surface area contributed by atoms with Crippen molar-refractivity contribution in [1.82, 2.24) is 0 Å². The lowest BCUT2D eigenvalue weighted by molar-refractivity contribution is -0.660. The van der Waals surface area contributed by atoms with Crippen LogP contribution in [0.1, 0.15) is 30.5 Å². The van der Waals surface area contributed by atoms with Crippen LogP contribution in [0.15, 0.2) is 59.1 Å². The Kier molecular flexibility index (Phi) is 2.47. The lowest BCUT2D eigenvalue weighted by Crippen LogP contribution is -2.31. The van der Waals surface area contributed by atoms with E-state index in [-0.39, 0.29) is 11.1 Å². The third-order valence-corrected chi connectivity index (χ3v) is 5.57. The normalized spacial score (nSPS) is 15.8. The lowest BCUT2D eigenvalue weighted by Gasteiger charge is -2.09. The van der Waals surface area contributed by atoms with E-state index in [1.54, 1.807) is 30.8 Å².